The first kappa shape index (κ1) is 19.2. The molecule has 1 aliphatic heterocycles. The summed E-state index contributed by atoms with van der Waals surface area (Å²) in [5.41, 5.74) is 5.03. The maximum Gasteiger partial charge on any atom is 0.342 e. The first-order valence-corrected chi connectivity index (χ1v) is 10.6. The van der Waals surface area contributed by atoms with E-state index in [9.17, 15) is 4.79 Å². The zero-order valence-corrected chi connectivity index (χ0v) is 17.6. The third-order valence-electron chi connectivity index (χ3n) is 5.72. The lowest BCUT2D eigenvalue weighted by atomic mass is 9.77. The van der Waals surface area contributed by atoms with Crippen molar-refractivity contribution in [3.63, 3.8) is 0 Å². The summed E-state index contributed by atoms with van der Waals surface area (Å²) in [6.07, 6.45) is 1.90. The third-order valence-corrected chi connectivity index (χ3v) is 6.21. The van der Waals surface area contributed by atoms with Gasteiger partial charge in [0.2, 0.25) is 0 Å². The summed E-state index contributed by atoms with van der Waals surface area (Å²) in [4.78, 5) is 13.3. The summed E-state index contributed by atoms with van der Waals surface area (Å²) in [5, 5.41) is 10.6. The molecule has 2 unspecified atom stereocenters. The average Bonchev–Trinajstić information content (AvgIpc) is 3.15. The highest BCUT2D eigenvalue weighted by Crippen LogP contribution is 2.43. The molecule has 0 saturated heterocycles. The van der Waals surface area contributed by atoms with E-state index >= 15 is 0 Å². The van der Waals surface area contributed by atoms with E-state index in [0.29, 0.717) is 15.7 Å². The number of aryl methyl sites for hydroxylation is 1. The van der Waals surface area contributed by atoms with Crippen LogP contribution in [0.3, 0.4) is 0 Å². The van der Waals surface area contributed by atoms with Gasteiger partial charge in [0.1, 0.15) is 0 Å². The number of hydrazone groups is 1. The highest BCUT2D eigenvalue weighted by atomic mass is 35.5. The summed E-state index contributed by atoms with van der Waals surface area (Å²) in [7, 11) is 0. The molecule has 2 atom stereocenters. The fraction of sp³-hybridized carbons (Fsp3) is 0.167. The van der Waals surface area contributed by atoms with Gasteiger partial charge in [-0.1, -0.05) is 65.7 Å². The number of anilines is 1. The lowest BCUT2D eigenvalue weighted by Gasteiger charge is -2.29. The Bertz CT molecular complexity index is 1140. The second-order valence-corrected chi connectivity index (χ2v) is 8.44. The minimum atomic E-state index is -0.281. The van der Waals surface area contributed by atoms with Crippen LogP contribution in [-0.4, -0.2) is 16.8 Å². The predicted molar refractivity (Wildman–Crippen MR) is 121 cm³/mol. The zero-order chi connectivity index (χ0) is 20.7. The third kappa shape index (κ3) is 3.47. The Morgan fingerprint density at radius 1 is 0.967 bits per heavy atom. The van der Waals surface area contributed by atoms with Crippen molar-refractivity contribution >= 4 is 40.6 Å². The Morgan fingerprint density at radius 3 is 2.57 bits per heavy atom. The maximum atomic E-state index is 13.3. The summed E-state index contributed by atoms with van der Waals surface area (Å²) in [5.74, 6) is 0.131. The molecule has 0 bridgehead atoms. The molecule has 4 nitrogen and oxygen atoms in total. The van der Waals surface area contributed by atoms with Crippen LogP contribution in [0.2, 0.25) is 10.0 Å². The number of urea groups is 1. The average molecular weight is 436 g/mol. The normalized spacial score (nSPS) is 19.7. The number of carbonyl (C=O) groups is 1. The Labute approximate surface area is 185 Å². The number of hydrogen-bond acceptors (Lipinski definition) is 2. The Hall–Kier alpha value is -2.82. The number of amides is 2. The number of nitrogens with one attached hydrogen (secondary N) is 1. The fourth-order valence-electron chi connectivity index (χ4n) is 4.37. The molecule has 2 aliphatic rings. The zero-order valence-electron chi connectivity index (χ0n) is 16.1. The van der Waals surface area contributed by atoms with E-state index in [1.807, 2.05) is 36.4 Å². The molecule has 150 valence electrons. The lowest BCUT2D eigenvalue weighted by Crippen LogP contribution is -2.34. The van der Waals surface area contributed by atoms with Gasteiger partial charge < -0.3 is 5.32 Å². The van der Waals surface area contributed by atoms with Gasteiger partial charge in [0.05, 0.1) is 11.8 Å². The van der Waals surface area contributed by atoms with Crippen LogP contribution in [0.25, 0.3) is 0 Å². The van der Waals surface area contributed by atoms with Crippen LogP contribution < -0.4 is 5.32 Å². The SMILES string of the molecule is O=C(Nc1cccc(Cl)c1)N1N=C2c3ccccc3CCC2C1c1ccc(Cl)cc1. The molecule has 0 spiro atoms. The van der Waals surface area contributed by atoms with E-state index in [0.717, 1.165) is 29.7 Å². The molecule has 3 aromatic rings. The number of rotatable bonds is 2. The van der Waals surface area contributed by atoms with Crippen molar-refractivity contribution in [2.45, 2.75) is 18.9 Å². The molecular weight excluding hydrogens is 417 g/mol. The molecule has 1 aliphatic carbocycles. The number of benzene rings is 3. The van der Waals surface area contributed by atoms with Gasteiger partial charge in [0, 0.05) is 27.2 Å². The van der Waals surface area contributed by atoms with E-state index in [4.69, 9.17) is 28.3 Å². The van der Waals surface area contributed by atoms with Crippen LogP contribution in [0.15, 0.2) is 77.9 Å². The molecule has 30 heavy (non-hydrogen) atoms. The van der Waals surface area contributed by atoms with Crippen LogP contribution in [0.5, 0.6) is 0 Å². The van der Waals surface area contributed by atoms with Crippen molar-refractivity contribution in [3.05, 3.63) is 99.5 Å². The van der Waals surface area contributed by atoms with Crippen LogP contribution in [0.1, 0.15) is 29.2 Å². The Morgan fingerprint density at radius 2 is 1.77 bits per heavy atom. The molecule has 0 fully saturated rings. The topological polar surface area (TPSA) is 44.7 Å². The van der Waals surface area contributed by atoms with Gasteiger partial charge in [-0.2, -0.15) is 5.10 Å². The number of fused-ring (bicyclic) bond motifs is 3. The van der Waals surface area contributed by atoms with Crippen LogP contribution >= 0.6 is 23.2 Å². The first-order valence-electron chi connectivity index (χ1n) is 9.88. The van der Waals surface area contributed by atoms with Crippen molar-refractivity contribution in [2.75, 3.05) is 5.32 Å². The Kier molecular flexibility index (Phi) is 4.97. The monoisotopic (exact) mass is 435 g/mol. The second-order valence-electron chi connectivity index (χ2n) is 7.57. The lowest BCUT2D eigenvalue weighted by molar-refractivity contribution is 0.188. The van der Waals surface area contributed by atoms with E-state index in [-0.39, 0.29) is 18.0 Å². The summed E-state index contributed by atoms with van der Waals surface area (Å²) in [6.45, 7) is 0. The molecule has 6 heteroatoms. The minimum Gasteiger partial charge on any atom is -0.306 e. The number of carbonyl (C=O) groups excluding carboxylic acids is 1. The van der Waals surface area contributed by atoms with E-state index in [1.54, 1.807) is 23.2 Å². The van der Waals surface area contributed by atoms with Crippen molar-refractivity contribution in [2.24, 2.45) is 11.0 Å². The largest absolute Gasteiger partial charge is 0.342 e. The molecule has 0 saturated carbocycles. The smallest absolute Gasteiger partial charge is 0.306 e. The highest BCUT2D eigenvalue weighted by Gasteiger charge is 2.43. The number of nitrogens with zero attached hydrogens (tertiary/aromatic N) is 2. The molecular formula is C24H19Cl2N3O. The second kappa shape index (κ2) is 7.78. The maximum absolute atomic E-state index is 13.3. The van der Waals surface area contributed by atoms with Crippen LogP contribution in [-0.2, 0) is 6.42 Å². The summed E-state index contributed by atoms with van der Waals surface area (Å²) >= 11 is 12.2. The van der Waals surface area contributed by atoms with Crippen molar-refractivity contribution in [3.8, 4) is 0 Å². The van der Waals surface area contributed by atoms with Gasteiger partial charge in [-0.3, -0.25) is 0 Å². The molecule has 3 aromatic carbocycles. The van der Waals surface area contributed by atoms with Gasteiger partial charge in [-0.25, -0.2) is 9.80 Å². The first-order chi connectivity index (χ1) is 14.6. The van der Waals surface area contributed by atoms with Gasteiger partial charge in [0.15, 0.2) is 0 Å². The van der Waals surface area contributed by atoms with Crippen LogP contribution in [0, 0.1) is 5.92 Å². The highest BCUT2D eigenvalue weighted by molar-refractivity contribution is 6.31. The molecule has 5 rings (SSSR count). The van der Waals surface area contributed by atoms with E-state index in [1.165, 1.54) is 5.56 Å². The van der Waals surface area contributed by atoms with E-state index < -0.39 is 0 Å². The molecule has 1 N–H and O–H groups in total. The summed E-state index contributed by atoms with van der Waals surface area (Å²) in [6, 6.07) is 22.6. The van der Waals surface area contributed by atoms with Crippen molar-refractivity contribution in [1.82, 2.24) is 5.01 Å². The van der Waals surface area contributed by atoms with Gasteiger partial charge >= 0.3 is 6.03 Å². The predicted octanol–water partition coefficient (Wildman–Crippen LogP) is 6.55. The minimum absolute atomic E-state index is 0.131. The van der Waals surface area contributed by atoms with Crippen molar-refractivity contribution in [1.29, 1.82) is 0 Å². The molecule has 0 aromatic heterocycles. The van der Waals surface area contributed by atoms with Gasteiger partial charge in [-0.15, -0.1) is 0 Å². The quantitative estimate of drug-likeness (QED) is 0.487. The molecule has 1 heterocycles. The molecule has 0 radical (unpaired) electrons. The number of halogens is 2. The van der Waals surface area contributed by atoms with Crippen LogP contribution in [0.4, 0.5) is 10.5 Å². The van der Waals surface area contributed by atoms with Crippen molar-refractivity contribution < 1.29 is 4.79 Å². The van der Waals surface area contributed by atoms with Gasteiger partial charge in [-0.05, 0) is 54.3 Å². The molecule has 2 amide bonds. The van der Waals surface area contributed by atoms with Gasteiger partial charge in [0.25, 0.3) is 0 Å². The number of hydrogen-bond donors (Lipinski definition) is 1. The Balaban J connectivity index is 1.54. The van der Waals surface area contributed by atoms with E-state index in [2.05, 4.69) is 23.5 Å². The summed E-state index contributed by atoms with van der Waals surface area (Å²) < 4.78 is 0. The fourth-order valence-corrected chi connectivity index (χ4v) is 4.69. The standard InChI is InChI=1S/C24H19Cl2N3O/c25-17-11-8-16(9-12-17)23-21-13-10-15-4-1-2-7-20(15)22(21)28-29(23)24(30)27-19-6-3-5-18(26)14-19/h1-9,11-12,14,21,23H,10,13H2,(H,27,30).